The van der Waals surface area contributed by atoms with E-state index in [0.717, 1.165) is 36.7 Å². The maximum Gasteiger partial charge on any atom is 0.109 e. The van der Waals surface area contributed by atoms with Gasteiger partial charge < -0.3 is 16.4 Å². The van der Waals surface area contributed by atoms with Crippen LogP contribution in [0.2, 0.25) is 0 Å². The second kappa shape index (κ2) is 3.48. The van der Waals surface area contributed by atoms with Gasteiger partial charge in [-0.3, -0.25) is 4.99 Å². The molecule has 4 nitrogen and oxygen atoms in total. The molecule has 3 aliphatic rings. The van der Waals surface area contributed by atoms with E-state index in [0.29, 0.717) is 11.8 Å². The predicted molar refractivity (Wildman–Crippen MR) is 75.2 cm³/mol. The summed E-state index contributed by atoms with van der Waals surface area (Å²) in [4.78, 5) is 4.51. The van der Waals surface area contributed by atoms with Crippen molar-refractivity contribution in [2.75, 3.05) is 30.7 Å². The monoisotopic (exact) mass is 242 g/mol. The molecule has 18 heavy (non-hydrogen) atoms. The lowest BCUT2D eigenvalue weighted by Gasteiger charge is -2.22. The first-order chi connectivity index (χ1) is 8.77. The highest BCUT2D eigenvalue weighted by Crippen LogP contribution is 2.53. The summed E-state index contributed by atoms with van der Waals surface area (Å²) in [5.41, 5.74) is 13.7. The van der Waals surface area contributed by atoms with E-state index in [1.54, 1.807) is 0 Å². The minimum Gasteiger partial charge on any atom is -0.397 e. The van der Waals surface area contributed by atoms with Crippen LogP contribution in [-0.2, 0) is 0 Å². The van der Waals surface area contributed by atoms with Crippen molar-refractivity contribution >= 4 is 23.3 Å². The summed E-state index contributed by atoms with van der Waals surface area (Å²) in [6, 6.07) is 0. The Labute approximate surface area is 107 Å². The van der Waals surface area contributed by atoms with Gasteiger partial charge in [0.15, 0.2) is 0 Å². The van der Waals surface area contributed by atoms with E-state index in [4.69, 9.17) is 5.73 Å². The van der Waals surface area contributed by atoms with E-state index < -0.39 is 0 Å². The first-order valence-corrected chi connectivity index (χ1v) is 6.70. The fourth-order valence-electron chi connectivity index (χ4n) is 3.90. The summed E-state index contributed by atoms with van der Waals surface area (Å²) in [6.07, 6.45) is 3.16. The molecule has 0 radical (unpaired) electrons. The summed E-state index contributed by atoms with van der Waals surface area (Å²) < 4.78 is 0. The van der Waals surface area contributed by atoms with Gasteiger partial charge in [-0.2, -0.15) is 0 Å². The number of hydrogen-bond donors (Lipinski definition) is 3. The highest BCUT2D eigenvalue weighted by molar-refractivity contribution is 5.92. The first kappa shape index (κ1) is 10.4. The van der Waals surface area contributed by atoms with Gasteiger partial charge in [-0.05, 0) is 41.9 Å². The largest absolute Gasteiger partial charge is 0.397 e. The maximum atomic E-state index is 6.40. The first-order valence-electron chi connectivity index (χ1n) is 6.70. The van der Waals surface area contributed by atoms with Crippen LogP contribution in [0, 0.1) is 6.92 Å². The van der Waals surface area contributed by atoms with Crippen molar-refractivity contribution in [1.29, 1.82) is 0 Å². The van der Waals surface area contributed by atoms with Gasteiger partial charge in [-0.25, -0.2) is 0 Å². The Hall–Kier alpha value is -1.55. The molecule has 2 unspecified atom stereocenters. The van der Waals surface area contributed by atoms with Crippen LogP contribution in [0.5, 0.6) is 0 Å². The molecule has 1 fully saturated rings. The fraction of sp³-hybridized carbons (Fsp3) is 0.500. The molecule has 1 saturated heterocycles. The van der Waals surface area contributed by atoms with E-state index in [1.165, 1.54) is 23.1 Å². The van der Waals surface area contributed by atoms with E-state index in [-0.39, 0.29) is 0 Å². The van der Waals surface area contributed by atoms with Crippen LogP contribution in [-0.4, -0.2) is 25.8 Å². The minimum absolute atomic E-state index is 0.583. The van der Waals surface area contributed by atoms with Gasteiger partial charge in [0.1, 0.15) is 5.69 Å². The van der Waals surface area contributed by atoms with Crippen LogP contribution in [0.3, 0.4) is 0 Å². The highest BCUT2D eigenvalue weighted by atomic mass is 15.0. The molecule has 4 heteroatoms. The van der Waals surface area contributed by atoms with Crippen molar-refractivity contribution in [3.63, 3.8) is 0 Å². The van der Waals surface area contributed by atoms with Gasteiger partial charge in [-0.1, -0.05) is 0 Å². The lowest BCUT2D eigenvalue weighted by atomic mass is 9.92. The van der Waals surface area contributed by atoms with Crippen LogP contribution in [0.15, 0.2) is 4.99 Å². The molecule has 0 saturated carbocycles. The van der Waals surface area contributed by atoms with Gasteiger partial charge in [0.2, 0.25) is 0 Å². The molecule has 1 aliphatic carbocycles. The molecule has 2 heterocycles. The van der Waals surface area contributed by atoms with Crippen molar-refractivity contribution in [3.05, 3.63) is 16.7 Å². The van der Waals surface area contributed by atoms with Gasteiger partial charge >= 0.3 is 0 Å². The molecule has 0 spiro atoms. The van der Waals surface area contributed by atoms with E-state index in [9.17, 15) is 0 Å². The van der Waals surface area contributed by atoms with Crippen LogP contribution < -0.4 is 16.4 Å². The number of rotatable bonds is 0. The van der Waals surface area contributed by atoms with Crippen molar-refractivity contribution in [2.24, 2.45) is 4.99 Å². The summed E-state index contributed by atoms with van der Waals surface area (Å²) in [5, 5.41) is 6.96. The van der Waals surface area contributed by atoms with Crippen LogP contribution in [0.25, 0.3) is 0 Å². The second-order valence-corrected chi connectivity index (χ2v) is 5.57. The van der Waals surface area contributed by atoms with Gasteiger partial charge in [0.05, 0.1) is 17.9 Å². The molecule has 4 N–H and O–H groups in total. The Morgan fingerprint density at radius 2 is 2.06 bits per heavy atom. The number of nitrogen functional groups attached to an aromatic ring is 1. The standard InChI is InChI=1S/C14H18N4/c1-7-10-8-4-9(6-16-5-8)11(10)12(15)14-13(7)17-2-3-18-14/h3,8-9,16-17H,2,4-6,15H2,1H3. The number of nitrogens with two attached hydrogens (primary N) is 1. The Kier molecular flexibility index (Phi) is 2.01. The topological polar surface area (TPSA) is 62.4 Å². The number of piperidine rings is 1. The van der Waals surface area contributed by atoms with E-state index in [2.05, 4.69) is 22.5 Å². The molecule has 2 atom stereocenters. The zero-order valence-corrected chi connectivity index (χ0v) is 10.6. The third-order valence-corrected chi connectivity index (χ3v) is 4.61. The Morgan fingerprint density at radius 1 is 1.28 bits per heavy atom. The number of fused-ring (bicyclic) bond motifs is 6. The summed E-state index contributed by atoms with van der Waals surface area (Å²) in [5.74, 6) is 1.22. The average Bonchev–Trinajstić information content (AvgIpc) is 2.67. The van der Waals surface area contributed by atoms with Gasteiger partial charge in [0.25, 0.3) is 0 Å². The Morgan fingerprint density at radius 3 is 2.89 bits per heavy atom. The van der Waals surface area contributed by atoms with Crippen LogP contribution >= 0.6 is 0 Å². The molecule has 1 aromatic carbocycles. The molecular weight excluding hydrogens is 224 g/mol. The SMILES string of the molecule is Cc1c2c(c(N)c3c1C1CNCC3C1)N=CCN2. The zero-order chi connectivity index (χ0) is 12.3. The molecule has 0 aromatic heterocycles. The third kappa shape index (κ3) is 1.16. The lowest BCUT2D eigenvalue weighted by Crippen LogP contribution is -2.28. The predicted octanol–water partition coefficient (Wildman–Crippen LogP) is 1.88. The molecule has 0 amide bonds. The zero-order valence-electron chi connectivity index (χ0n) is 10.6. The van der Waals surface area contributed by atoms with E-state index in [1.807, 2.05) is 6.21 Å². The van der Waals surface area contributed by atoms with Crippen LogP contribution in [0.1, 0.15) is 34.9 Å². The molecule has 2 aliphatic heterocycles. The van der Waals surface area contributed by atoms with Crippen molar-refractivity contribution in [2.45, 2.75) is 25.2 Å². The number of nitrogens with one attached hydrogen (secondary N) is 2. The fourth-order valence-corrected chi connectivity index (χ4v) is 3.90. The van der Waals surface area contributed by atoms with Crippen LogP contribution in [0.4, 0.5) is 17.1 Å². The molecule has 4 rings (SSSR count). The summed E-state index contributed by atoms with van der Waals surface area (Å²) in [6.45, 7) is 5.17. The molecular formula is C14H18N4. The number of benzene rings is 1. The van der Waals surface area contributed by atoms with Crippen molar-refractivity contribution in [3.8, 4) is 0 Å². The minimum atomic E-state index is 0.583. The maximum absolute atomic E-state index is 6.40. The third-order valence-electron chi connectivity index (χ3n) is 4.61. The summed E-state index contributed by atoms with van der Waals surface area (Å²) >= 11 is 0. The normalized spacial score (nSPS) is 27.6. The second-order valence-electron chi connectivity index (χ2n) is 5.57. The van der Waals surface area contributed by atoms with Crippen molar-refractivity contribution < 1.29 is 0 Å². The molecule has 94 valence electrons. The smallest absolute Gasteiger partial charge is 0.109 e. The number of anilines is 2. The number of nitrogens with zero attached hydrogens (tertiary/aromatic N) is 1. The highest BCUT2D eigenvalue weighted by Gasteiger charge is 2.39. The van der Waals surface area contributed by atoms with Gasteiger partial charge in [0, 0.05) is 19.3 Å². The molecule has 2 bridgehead atoms. The summed E-state index contributed by atoms with van der Waals surface area (Å²) in [7, 11) is 0. The quantitative estimate of drug-likeness (QED) is 0.609. The van der Waals surface area contributed by atoms with E-state index >= 15 is 0 Å². The lowest BCUT2D eigenvalue weighted by molar-refractivity contribution is 0.453. The average molecular weight is 242 g/mol. The Balaban J connectivity index is 2.04. The van der Waals surface area contributed by atoms with Gasteiger partial charge in [-0.15, -0.1) is 0 Å². The number of hydrogen-bond acceptors (Lipinski definition) is 4. The molecule has 1 aromatic rings. The number of aliphatic imine (C=N–C) groups is 1. The van der Waals surface area contributed by atoms with Crippen molar-refractivity contribution in [1.82, 2.24) is 5.32 Å². The Bertz CT molecular complexity index is 562.